The highest BCUT2D eigenvalue weighted by molar-refractivity contribution is 6.05. The number of carbonyl (C=O) groups excluding carboxylic acids is 2. The molecule has 0 radical (unpaired) electrons. The van der Waals surface area contributed by atoms with Gasteiger partial charge in [0.15, 0.2) is 0 Å². The van der Waals surface area contributed by atoms with Gasteiger partial charge in [-0.2, -0.15) is 0 Å². The van der Waals surface area contributed by atoms with Gasteiger partial charge in [0.25, 0.3) is 0 Å². The zero-order chi connectivity index (χ0) is 15.2. The summed E-state index contributed by atoms with van der Waals surface area (Å²) in [6.45, 7) is 6.25. The van der Waals surface area contributed by atoms with Gasteiger partial charge >= 0.3 is 0 Å². The summed E-state index contributed by atoms with van der Waals surface area (Å²) in [5, 5.41) is 0. The van der Waals surface area contributed by atoms with E-state index >= 15 is 0 Å². The van der Waals surface area contributed by atoms with Crippen LogP contribution in [0.2, 0.25) is 0 Å². The van der Waals surface area contributed by atoms with Crippen molar-refractivity contribution in [1.82, 2.24) is 4.90 Å². The maximum absolute atomic E-state index is 12.4. The van der Waals surface area contributed by atoms with Gasteiger partial charge in [-0.25, -0.2) is 0 Å². The second-order valence-electron chi connectivity index (χ2n) is 5.48. The third kappa shape index (κ3) is 3.63. The number of hydrogen-bond donors (Lipinski definition) is 0. The molecular formula is C17H24N2O2. The van der Waals surface area contributed by atoms with Crippen LogP contribution in [0.1, 0.15) is 38.7 Å². The molecule has 0 unspecified atom stereocenters. The summed E-state index contributed by atoms with van der Waals surface area (Å²) in [6, 6.07) is 7.93. The summed E-state index contributed by atoms with van der Waals surface area (Å²) in [4.78, 5) is 28.2. The maximum Gasteiger partial charge on any atom is 0.236 e. The minimum atomic E-state index is -0.0813. The van der Waals surface area contributed by atoms with Crippen LogP contribution in [-0.2, 0) is 16.0 Å². The Morgan fingerprint density at radius 3 is 2.48 bits per heavy atom. The Balaban J connectivity index is 2.00. The summed E-state index contributed by atoms with van der Waals surface area (Å²) in [5.41, 5.74) is 2.16. The third-order valence-corrected chi connectivity index (χ3v) is 3.83. The zero-order valence-electron chi connectivity index (χ0n) is 13.0. The standard InChI is InChI=1S/C17H24N2O2/c1-3-10-18(11-4-2)16(20)13-17(21)19-12-9-14-7-5-6-8-15(14)19/h5-8H,3-4,9-13H2,1-2H3. The number of amides is 2. The summed E-state index contributed by atoms with van der Waals surface area (Å²) < 4.78 is 0. The Labute approximate surface area is 126 Å². The van der Waals surface area contributed by atoms with Gasteiger partial charge in [-0.3, -0.25) is 9.59 Å². The molecule has 4 heteroatoms. The Hall–Kier alpha value is -1.84. The quantitative estimate of drug-likeness (QED) is 0.755. The first kappa shape index (κ1) is 15.5. The number of hydrogen-bond acceptors (Lipinski definition) is 2. The summed E-state index contributed by atoms with van der Waals surface area (Å²) in [5.74, 6) is -0.129. The number of carbonyl (C=O) groups is 2. The van der Waals surface area contributed by atoms with Crippen molar-refractivity contribution in [3.8, 4) is 0 Å². The molecule has 0 aliphatic carbocycles. The van der Waals surface area contributed by atoms with Crippen molar-refractivity contribution >= 4 is 17.5 Å². The monoisotopic (exact) mass is 288 g/mol. The molecule has 0 bridgehead atoms. The van der Waals surface area contributed by atoms with Gasteiger partial charge < -0.3 is 9.80 Å². The molecule has 114 valence electrons. The minimum Gasteiger partial charge on any atom is -0.342 e. The summed E-state index contributed by atoms with van der Waals surface area (Å²) in [6.07, 6.45) is 2.71. The predicted octanol–water partition coefficient (Wildman–Crippen LogP) is 2.61. The number of rotatable bonds is 6. The first-order valence-corrected chi connectivity index (χ1v) is 7.83. The van der Waals surface area contributed by atoms with Crippen LogP contribution in [0.5, 0.6) is 0 Å². The van der Waals surface area contributed by atoms with Crippen LogP contribution in [0.3, 0.4) is 0 Å². The highest BCUT2D eigenvalue weighted by Gasteiger charge is 2.26. The lowest BCUT2D eigenvalue weighted by molar-refractivity contribution is -0.135. The third-order valence-electron chi connectivity index (χ3n) is 3.83. The largest absolute Gasteiger partial charge is 0.342 e. The number of anilines is 1. The number of fused-ring (bicyclic) bond motifs is 1. The first-order valence-electron chi connectivity index (χ1n) is 7.83. The molecule has 0 saturated carbocycles. The van der Waals surface area contributed by atoms with Gasteiger partial charge in [0.2, 0.25) is 11.8 Å². The van der Waals surface area contributed by atoms with E-state index in [-0.39, 0.29) is 18.2 Å². The van der Waals surface area contributed by atoms with E-state index < -0.39 is 0 Å². The topological polar surface area (TPSA) is 40.6 Å². The Morgan fingerprint density at radius 1 is 1.14 bits per heavy atom. The van der Waals surface area contributed by atoms with Gasteiger partial charge in [-0.05, 0) is 30.9 Å². The molecule has 0 atom stereocenters. The lowest BCUT2D eigenvalue weighted by atomic mass is 10.2. The van der Waals surface area contributed by atoms with Crippen LogP contribution >= 0.6 is 0 Å². The number of benzene rings is 1. The molecule has 1 aliphatic rings. The van der Waals surface area contributed by atoms with E-state index in [9.17, 15) is 9.59 Å². The lowest BCUT2D eigenvalue weighted by Crippen LogP contribution is -2.38. The van der Waals surface area contributed by atoms with Crippen molar-refractivity contribution in [3.63, 3.8) is 0 Å². The zero-order valence-corrected chi connectivity index (χ0v) is 13.0. The molecule has 1 aliphatic heterocycles. The minimum absolute atomic E-state index is 0.0195. The van der Waals surface area contributed by atoms with Gasteiger partial charge in [-0.15, -0.1) is 0 Å². The molecule has 2 amide bonds. The van der Waals surface area contributed by atoms with Crippen molar-refractivity contribution in [1.29, 1.82) is 0 Å². The average molecular weight is 288 g/mol. The van der Waals surface area contributed by atoms with Gasteiger partial charge in [0, 0.05) is 25.3 Å². The second kappa shape index (κ2) is 7.25. The van der Waals surface area contributed by atoms with Crippen molar-refractivity contribution in [2.75, 3.05) is 24.5 Å². The molecule has 1 aromatic rings. The van der Waals surface area contributed by atoms with E-state index in [1.807, 2.05) is 24.3 Å². The molecule has 0 spiro atoms. The van der Waals surface area contributed by atoms with Crippen molar-refractivity contribution in [2.45, 2.75) is 39.5 Å². The molecule has 1 heterocycles. The fourth-order valence-corrected chi connectivity index (χ4v) is 2.83. The fraction of sp³-hybridized carbons (Fsp3) is 0.529. The molecule has 0 aromatic heterocycles. The Kier molecular flexibility index (Phi) is 5.37. The first-order chi connectivity index (χ1) is 10.2. The fourth-order valence-electron chi connectivity index (χ4n) is 2.83. The molecular weight excluding hydrogens is 264 g/mol. The van der Waals surface area contributed by atoms with Gasteiger partial charge in [0.05, 0.1) is 0 Å². The van der Waals surface area contributed by atoms with Gasteiger partial charge in [0.1, 0.15) is 6.42 Å². The van der Waals surface area contributed by atoms with Crippen LogP contribution in [0, 0.1) is 0 Å². The Bertz CT molecular complexity index is 507. The molecule has 0 fully saturated rings. The molecule has 2 rings (SSSR count). The second-order valence-corrected chi connectivity index (χ2v) is 5.48. The molecule has 21 heavy (non-hydrogen) atoms. The van der Waals surface area contributed by atoms with Crippen molar-refractivity contribution in [2.24, 2.45) is 0 Å². The number of para-hydroxylation sites is 1. The highest BCUT2D eigenvalue weighted by atomic mass is 16.2. The number of nitrogens with zero attached hydrogens (tertiary/aromatic N) is 2. The molecule has 0 N–H and O–H groups in total. The summed E-state index contributed by atoms with van der Waals surface area (Å²) in [7, 11) is 0. The molecule has 0 saturated heterocycles. The van der Waals surface area contributed by atoms with Gasteiger partial charge in [-0.1, -0.05) is 32.0 Å². The van der Waals surface area contributed by atoms with Crippen LogP contribution in [0.4, 0.5) is 5.69 Å². The normalized spacial score (nSPS) is 13.1. The van der Waals surface area contributed by atoms with E-state index in [1.54, 1.807) is 9.80 Å². The lowest BCUT2D eigenvalue weighted by Gasteiger charge is -2.23. The maximum atomic E-state index is 12.4. The van der Waals surface area contributed by atoms with Crippen molar-refractivity contribution < 1.29 is 9.59 Å². The van der Waals surface area contributed by atoms with Crippen LogP contribution in [0.25, 0.3) is 0 Å². The van der Waals surface area contributed by atoms with E-state index in [2.05, 4.69) is 13.8 Å². The van der Waals surface area contributed by atoms with E-state index in [0.29, 0.717) is 6.54 Å². The van der Waals surface area contributed by atoms with Crippen LogP contribution < -0.4 is 4.90 Å². The smallest absolute Gasteiger partial charge is 0.236 e. The highest BCUT2D eigenvalue weighted by Crippen LogP contribution is 2.27. The van der Waals surface area contributed by atoms with E-state index in [4.69, 9.17) is 0 Å². The Morgan fingerprint density at radius 2 is 1.81 bits per heavy atom. The van der Waals surface area contributed by atoms with Crippen LogP contribution in [0.15, 0.2) is 24.3 Å². The van der Waals surface area contributed by atoms with E-state index in [1.165, 1.54) is 5.56 Å². The molecule has 1 aromatic carbocycles. The van der Waals surface area contributed by atoms with Crippen molar-refractivity contribution in [3.05, 3.63) is 29.8 Å². The average Bonchev–Trinajstić information content (AvgIpc) is 2.91. The molecule has 4 nitrogen and oxygen atoms in total. The SMILES string of the molecule is CCCN(CCC)C(=O)CC(=O)N1CCc2ccccc21. The predicted molar refractivity (Wildman–Crippen MR) is 84.3 cm³/mol. The van der Waals surface area contributed by atoms with E-state index in [0.717, 1.165) is 38.0 Å². The van der Waals surface area contributed by atoms with Crippen LogP contribution in [-0.4, -0.2) is 36.3 Å². The summed E-state index contributed by atoms with van der Waals surface area (Å²) >= 11 is 0.